The van der Waals surface area contributed by atoms with Crippen molar-refractivity contribution in [3.8, 4) is 0 Å². The monoisotopic (exact) mass is 420 g/mol. The molecule has 3 heteroatoms. The maximum atomic E-state index is 5.15. The van der Waals surface area contributed by atoms with E-state index in [1.54, 1.807) is 0 Å². The van der Waals surface area contributed by atoms with Crippen molar-refractivity contribution in [1.29, 1.82) is 0 Å². The first-order valence-electron chi connectivity index (χ1n) is 10.6. The Morgan fingerprint density at radius 3 is 2.26 bits per heavy atom. The Morgan fingerprint density at radius 2 is 1.48 bits per heavy atom. The van der Waals surface area contributed by atoms with Crippen molar-refractivity contribution in [2.45, 2.75) is 23.6 Å². The summed E-state index contributed by atoms with van der Waals surface area (Å²) in [6.07, 6.45) is 0. The summed E-state index contributed by atoms with van der Waals surface area (Å²) in [5.74, 6) is 1.09. The maximum absolute atomic E-state index is 5.15. The number of nitrogens with zero attached hydrogens (tertiary/aromatic N) is 2. The molecule has 152 valence electrons. The van der Waals surface area contributed by atoms with Crippen molar-refractivity contribution in [1.82, 2.24) is 9.55 Å². The molecule has 0 N–H and O–H groups in total. The van der Waals surface area contributed by atoms with Crippen LogP contribution in [-0.2, 0) is 6.54 Å². The van der Waals surface area contributed by atoms with Crippen molar-refractivity contribution in [2.75, 3.05) is 0 Å². The Kier molecular flexibility index (Phi) is 5.59. The van der Waals surface area contributed by atoms with E-state index in [1.807, 2.05) is 11.8 Å². The van der Waals surface area contributed by atoms with Gasteiger partial charge in [0.05, 0.1) is 16.3 Å². The molecule has 2 nitrogen and oxygen atoms in total. The summed E-state index contributed by atoms with van der Waals surface area (Å²) in [5, 5.41) is 0.0980. The van der Waals surface area contributed by atoms with Gasteiger partial charge in [0, 0.05) is 11.4 Å². The van der Waals surface area contributed by atoms with E-state index in [0.29, 0.717) is 0 Å². The number of hydrogen-bond acceptors (Lipinski definition) is 2. The molecule has 5 rings (SSSR count). The van der Waals surface area contributed by atoms with E-state index in [0.717, 1.165) is 17.9 Å². The fraction of sp³-hybridized carbons (Fsp3) is 0.107. The van der Waals surface area contributed by atoms with Gasteiger partial charge >= 0.3 is 0 Å². The zero-order chi connectivity index (χ0) is 21.0. The molecule has 0 radical (unpaired) electrons. The van der Waals surface area contributed by atoms with Gasteiger partial charge in [-0.3, -0.25) is 0 Å². The van der Waals surface area contributed by atoms with Crippen molar-refractivity contribution >= 4 is 22.8 Å². The largest absolute Gasteiger partial charge is 0.322 e. The Morgan fingerprint density at radius 1 is 0.774 bits per heavy atom. The predicted molar refractivity (Wildman–Crippen MR) is 131 cm³/mol. The maximum Gasteiger partial charge on any atom is 0.128 e. The van der Waals surface area contributed by atoms with Crippen LogP contribution in [-0.4, -0.2) is 9.55 Å². The Balaban J connectivity index is 1.66. The lowest BCUT2D eigenvalue weighted by Crippen LogP contribution is -2.10. The molecule has 5 aromatic rings. The third kappa shape index (κ3) is 4.28. The number of benzene rings is 4. The molecular weight excluding hydrogens is 396 g/mol. The molecule has 31 heavy (non-hydrogen) atoms. The van der Waals surface area contributed by atoms with Gasteiger partial charge < -0.3 is 4.57 Å². The third-order valence-corrected chi connectivity index (χ3v) is 6.70. The molecule has 1 heterocycles. The van der Waals surface area contributed by atoms with Crippen LogP contribution in [0.3, 0.4) is 0 Å². The van der Waals surface area contributed by atoms with Crippen LogP contribution in [0.5, 0.6) is 0 Å². The second kappa shape index (κ2) is 8.83. The lowest BCUT2D eigenvalue weighted by molar-refractivity contribution is 0.756. The summed E-state index contributed by atoms with van der Waals surface area (Å²) >= 11 is 1.85. The standard InChI is InChI=1S/C28H24N2S/c1-21-11-10-12-22(19-21)20-30-26-18-9-8-17-25(26)29-28(30)27(23-13-4-2-5-14-23)31-24-15-6-3-7-16-24/h2-19,27H,20H2,1H3. The number of aromatic nitrogens is 2. The Hall–Kier alpha value is -3.30. The van der Waals surface area contributed by atoms with Gasteiger partial charge in [0.2, 0.25) is 0 Å². The first-order chi connectivity index (χ1) is 15.3. The van der Waals surface area contributed by atoms with Gasteiger partial charge in [-0.15, -0.1) is 11.8 Å². The van der Waals surface area contributed by atoms with Gasteiger partial charge in [-0.1, -0.05) is 90.5 Å². The number of thioether (sulfide) groups is 1. The molecule has 0 bridgehead atoms. The molecule has 0 spiro atoms. The zero-order valence-electron chi connectivity index (χ0n) is 17.5. The summed E-state index contributed by atoms with van der Waals surface area (Å²) in [6, 6.07) is 38.5. The molecule has 1 atom stereocenters. The van der Waals surface area contributed by atoms with Crippen molar-refractivity contribution in [3.05, 3.63) is 132 Å². The predicted octanol–water partition coefficient (Wildman–Crippen LogP) is 7.27. The number of hydrogen-bond donors (Lipinski definition) is 0. The van der Waals surface area contributed by atoms with Crippen LogP contribution in [0.1, 0.15) is 27.8 Å². The van der Waals surface area contributed by atoms with Crippen LogP contribution < -0.4 is 0 Å². The summed E-state index contributed by atoms with van der Waals surface area (Å²) in [7, 11) is 0. The van der Waals surface area contributed by atoms with Crippen molar-refractivity contribution in [3.63, 3.8) is 0 Å². The van der Waals surface area contributed by atoms with Gasteiger partial charge in [-0.05, 0) is 42.3 Å². The minimum absolute atomic E-state index is 0.0980. The number of aryl methyl sites for hydroxylation is 1. The van der Waals surface area contributed by atoms with Crippen LogP contribution in [0.25, 0.3) is 11.0 Å². The first-order valence-corrected chi connectivity index (χ1v) is 11.4. The summed E-state index contributed by atoms with van der Waals surface area (Å²) in [4.78, 5) is 6.39. The third-order valence-electron chi connectivity index (χ3n) is 5.44. The molecule has 0 amide bonds. The summed E-state index contributed by atoms with van der Waals surface area (Å²) < 4.78 is 2.39. The van der Waals surface area contributed by atoms with Gasteiger partial charge in [-0.25, -0.2) is 4.98 Å². The van der Waals surface area contributed by atoms with E-state index in [4.69, 9.17) is 4.98 Å². The van der Waals surface area contributed by atoms with Gasteiger partial charge in [0.25, 0.3) is 0 Å². The Bertz CT molecular complexity index is 1290. The molecular formula is C28H24N2S. The second-order valence-electron chi connectivity index (χ2n) is 7.76. The molecule has 1 unspecified atom stereocenters. The number of fused-ring (bicyclic) bond motifs is 1. The van der Waals surface area contributed by atoms with E-state index in [-0.39, 0.29) is 5.25 Å². The van der Waals surface area contributed by atoms with Crippen LogP contribution in [0, 0.1) is 6.92 Å². The lowest BCUT2D eigenvalue weighted by atomic mass is 10.1. The highest BCUT2D eigenvalue weighted by Crippen LogP contribution is 2.41. The molecule has 0 saturated heterocycles. The molecule has 0 fully saturated rings. The van der Waals surface area contributed by atoms with E-state index in [9.17, 15) is 0 Å². The average Bonchev–Trinajstić information content (AvgIpc) is 3.17. The minimum atomic E-state index is 0.0980. The van der Waals surface area contributed by atoms with Crippen molar-refractivity contribution < 1.29 is 0 Å². The van der Waals surface area contributed by atoms with Crippen LogP contribution >= 0.6 is 11.8 Å². The molecule has 0 saturated carbocycles. The molecule has 0 aliphatic heterocycles. The van der Waals surface area contributed by atoms with Crippen LogP contribution in [0.2, 0.25) is 0 Å². The second-order valence-corrected chi connectivity index (χ2v) is 8.93. The normalized spacial score (nSPS) is 12.2. The smallest absolute Gasteiger partial charge is 0.128 e. The summed E-state index contributed by atoms with van der Waals surface area (Å²) in [5.41, 5.74) is 6.05. The molecule has 4 aromatic carbocycles. The van der Waals surface area contributed by atoms with Gasteiger partial charge in [0.15, 0.2) is 0 Å². The highest BCUT2D eigenvalue weighted by Gasteiger charge is 2.23. The van der Waals surface area contributed by atoms with Crippen molar-refractivity contribution in [2.24, 2.45) is 0 Å². The number of imidazole rings is 1. The van der Waals surface area contributed by atoms with Gasteiger partial charge in [-0.2, -0.15) is 0 Å². The van der Waals surface area contributed by atoms with E-state index >= 15 is 0 Å². The summed E-state index contributed by atoms with van der Waals surface area (Å²) in [6.45, 7) is 2.95. The Labute approximate surface area is 187 Å². The SMILES string of the molecule is Cc1cccc(Cn2c(C(Sc3ccccc3)c3ccccc3)nc3ccccc32)c1. The fourth-order valence-corrected chi connectivity index (χ4v) is 5.15. The quantitative estimate of drug-likeness (QED) is 0.269. The minimum Gasteiger partial charge on any atom is -0.322 e. The van der Waals surface area contributed by atoms with Crippen LogP contribution in [0.4, 0.5) is 0 Å². The van der Waals surface area contributed by atoms with Crippen LogP contribution in [0.15, 0.2) is 114 Å². The topological polar surface area (TPSA) is 17.8 Å². The molecule has 0 aliphatic carbocycles. The number of para-hydroxylation sites is 2. The molecule has 1 aromatic heterocycles. The highest BCUT2D eigenvalue weighted by molar-refractivity contribution is 7.99. The average molecular weight is 421 g/mol. The fourth-order valence-electron chi connectivity index (χ4n) is 3.99. The molecule has 0 aliphatic rings. The van der Waals surface area contributed by atoms with Gasteiger partial charge in [0.1, 0.15) is 5.82 Å². The lowest BCUT2D eigenvalue weighted by Gasteiger charge is -2.19. The van der Waals surface area contributed by atoms with E-state index in [2.05, 4.69) is 121 Å². The number of rotatable bonds is 6. The van der Waals surface area contributed by atoms with E-state index in [1.165, 1.54) is 27.1 Å². The zero-order valence-corrected chi connectivity index (χ0v) is 18.3. The highest BCUT2D eigenvalue weighted by atomic mass is 32.2. The van der Waals surface area contributed by atoms with E-state index < -0.39 is 0 Å². The first kappa shape index (κ1) is 19.7.